The van der Waals surface area contributed by atoms with E-state index in [-0.39, 0.29) is 0 Å². The highest BCUT2D eigenvalue weighted by Crippen LogP contribution is 2.31. The third kappa shape index (κ3) is 3.56. The molecule has 1 aromatic heterocycles. The monoisotopic (exact) mass is 328 g/mol. The lowest BCUT2D eigenvalue weighted by Crippen LogP contribution is -2.47. The second-order valence-electron chi connectivity index (χ2n) is 7.23. The molecule has 2 heterocycles. The van der Waals surface area contributed by atoms with Gasteiger partial charge in [-0.25, -0.2) is 0 Å². The lowest BCUT2D eigenvalue weighted by molar-refractivity contribution is 0.221. The maximum Gasteiger partial charge on any atom is 0.0455 e. The summed E-state index contributed by atoms with van der Waals surface area (Å²) < 4.78 is 1.42. The first-order valence-corrected chi connectivity index (χ1v) is 10.2. The van der Waals surface area contributed by atoms with E-state index < -0.39 is 0 Å². The Labute approximate surface area is 144 Å². The van der Waals surface area contributed by atoms with Gasteiger partial charge in [-0.15, -0.1) is 11.3 Å². The summed E-state index contributed by atoms with van der Waals surface area (Å²) in [6.07, 6.45) is 8.83. The summed E-state index contributed by atoms with van der Waals surface area (Å²) in [4.78, 5) is 5.28. The molecule has 1 aliphatic heterocycles. The fourth-order valence-corrected chi connectivity index (χ4v) is 5.11. The summed E-state index contributed by atoms with van der Waals surface area (Å²) in [6.45, 7) is 6.14. The Morgan fingerprint density at radius 1 is 0.957 bits per heavy atom. The van der Waals surface area contributed by atoms with E-state index in [4.69, 9.17) is 0 Å². The topological polar surface area (TPSA) is 6.48 Å². The molecule has 124 valence electrons. The van der Waals surface area contributed by atoms with Crippen LogP contribution >= 0.6 is 11.3 Å². The summed E-state index contributed by atoms with van der Waals surface area (Å²) >= 11 is 1.85. The van der Waals surface area contributed by atoms with Gasteiger partial charge in [-0.2, -0.15) is 0 Å². The molecule has 0 unspecified atom stereocenters. The number of thiophene rings is 1. The number of rotatable bonds is 4. The average Bonchev–Trinajstić information content (AvgIpc) is 3.10. The van der Waals surface area contributed by atoms with Crippen LogP contribution < -0.4 is 4.90 Å². The molecule has 1 saturated carbocycles. The van der Waals surface area contributed by atoms with Gasteiger partial charge in [0.2, 0.25) is 0 Å². The third-order valence-corrected chi connectivity index (χ3v) is 6.65. The Morgan fingerprint density at radius 2 is 1.78 bits per heavy atom. The lowest BCUT2D eigenvalue weighted by atomic mass is 9.87. The van der Waals surface area contributed by atoms with Crippen molar-refractivity contribution in [1.29, 1.82) is 0 Å². The van der Waals surface area contributed by atoms with Gasteiger partial charge in [-0.05, 0) is 42.5 Å². The van der Waals surface area contributed by atoms with Crippen molar-refractivity contribution in [3.63, 3.8) is 0 Å². The van der Waals surface area contributed by atoms with Gasteiger partial charge >= 0.3 is 0 Å². The molecule has 2 aromatic rings. The van der Waals surface area contributed by atoms with Crippen LogP contribution in [-0.4, -0.2) is 37.6 Å². The quantitative estimate of drug-likeness (QED) is 0.780. The summed E-state index contributed by atoms with van der Waals surface area (Å²) in [6, 6.07) is 9.03. The molecule has 2 nitrogen and oxygen atoms in total. The third-order valence-electron chi connectivity index (χ3n) is 5.76. The van der Waals surface area contributed by atoms with Crippen molar-refractivity contribution in [2.75, 3.05) is 37.6 Å². The van der Waals surface area contributed by atoms with Gasteiger partial charge in [0.15, 0.2) is 0 Å². The Hall–Kier alpha value is -1.06. The molecule has 4 rings (SSSR count). The minimum atomic E-state index is 1.02. The number of fused-ring (bicyclic) bond motifs is 1. The lowest BCUT2D eigenvalue weighted by Gasteiger charge is -2.37. The van der Waals surface area contributed by atoms with E-state index >= 15 is 0 Å². The maximum atomic E-state index is 2.69. The summed E-state index contributed by atoms with van der Waals surface area (Å²) in [5, 5.41) is 3.65. The van der Waals surface area contributed by atoms with E-state index in [1.165, 1.54) is 87.0 Å². The van der Waals surface area contributed by atoms with Gasteiger partial charge in [0.1, 0.15) is 0 Å². The van der Waals surface area contributed by atoms with Gasteiger partial charge in [0.25, 0.3) is 0 Å². The molecule has 1 saturated heterocycles. The first kappa shape index (κ1) is 15.5. The van der Waals surface area contributed by atoms with Gasteiger partial charge in [-0.1, -0.05) is 38.2 Å². The molecular weight excluding hydrogens is 300 g/mol. The molecule has 0 spiro atoms. The number of hydrogen-bond acceptors (Lipinski definition) is 3. The highest BCUT2D eigenvalue weighted by atomic mass is 32.1. The second kappa shape index (κ2) is 7.23. The van der Waals surface area contributed by atoms with E-state index in [2.05, 4.69) is 39.4 Å². The zero-order valence-corrected chi connectivity index (χ0v) is 14.9. The van der Waals surface area contributed by atoms with Crippen LogP contribution in [0.3, 0.4) is 0 Å². The summed E-state index contributed by atoms with van der Waals surface area (Å²) in [7, 11) is 0. The molecular formula is C20H28N2S. The standard InChI is InChI=1S/C20H28N2S/c1-2-5-17(6-3-1)9-11-21-12-14-22(15-13-21)19-7-4-8-20-18(19)10-16-23-20/h4,7-8,10,16-17H,1-3,5-6,9,11-15H2. The van der Waals surface area contributed by atoms with Crippen LogP contribution in [0.25, 0.3) is 10.1 Å². The van der Waals surface area contributed by atoms with Crippen molar-refractivity contribution in [3.8, 4) is 0 Å². The molecule has 2 aliphatic rings. The Balaban J connectivity index is 1.31. The van der Waals surface area contributed by atoms with Crippen LogP contribution in [0.2, 0.25) is 0 Å². The number of hydrogen-bond donors (Lipinski definition) is 0. The average molecular weight is 329 g/mol. The maximum absolute atomic E-state index is 2.69. The molecule has 0 atom stereocenters. The fourth-order valence-electron chi connectivity index (χ4n) is 4.31. The Bertz CT molecular complexity index is 621. The predicted molar refractivity (Wildman–Crippen MR) is 102 cm³/mol. The fraction of sp³-hybridized carbons (Fsp3) is 0.600. The van der Waals surface area contributed by atoms with Crippen molar-refractivity contribution in [1.82, 2.24) is 4.90 Å². The van der Waals surface area contributed by atoms with E-state index in [1.54, 1.807) is 0 Å². The van der Waals surface area contributed by atoms with Gasteiger partial charge in [0.05, 0.1) is 0 Å². The minimum Gasteiger partial charge on any atom is -0.368 e. The Morgan fingerprint density at radius 3 is 2.61 bits per heavy atom. The zero-order valence-electron chi connectivity index (χ0n) is 14.0. The normalized spacial score (nSPS) is 21.1. The van der Waals surface area contributed by atoms with Crippen LogP contribution in [0.5, 0.6) is 0 Å². The van der Waals surface area contributed by atoms with Gasteiger partial charge < -0.3 is 4.90 Å². The number of anilines is 1. The van der Waals surface area contributed by atoms with E-state index in [1.807, 2.05) is 11.3 Å². The molecule has 0 radical (unpaired) electrons. The van der Waals surface area contributed by atoms with Crippen molar-refractivity contribution < 1.29 is 0 Å². The molecule has 3 heteroatoms. The van der Waals surface area contributed by atoms with Crippen LogP contribution in [0.15, 0.2) is 29.6 Å². The van der Waals surface area contributed by atoms with E-state index in [0.717, 1.165) is 5.92 Å². The summed E-state index contributed by atoms with van der Waals surface area (Å²) in [5.41, 5.74) is 1.44. The van der Waals surface area contributed by atoms with Crippen LogP contribution in [-0.2, 0) is 0 Å². The minimum absolute atomic E-state index is 1.02. The molecule has 1 aliphatic carbocycles. The van der Waals surface area contributed by atoms with Gasteiger partial charge in [0, 0.05) is 42.0 Å². The second-order valence-corrected chi connectivity index (χ2v) is 8.18. The van der Waals surface area contributed by atoms with Crippen molar-refractivity contribution in [2.45, 2.75) is 38.5 Å². The van der Waals surface area contributed by atoms with Crippen molar-refractivity contribution in [2.24, 2.45) is 5.92 Å². The molecule has 2 fully saturated rings. The first-order chi connectivity index (χ1) is 11.4. The Kier molecular flexibility index (Phi) is 4.86. The zero-order chi connectivity index (χ0) is 15.5. The van der Waals surface area contributed by atoms with Crippen molar-refractivity contribution in [3.05, 3.63) is 29.6 Å². The van der Waals surface area contributed by atoms with Crippen LogP contribution in [0.4, 0.5) is 5.69 Å². The van der Waals surface area contributed by atoms with Crippen LogP contribution in [0, 0.1) is 5.92 Å². The molecule has 0 bridgehead atoms. The van der Waals surface area contributed by atoms with E-state index in [9.17, 15) is 0 Å². The van der Waals surface area contributed by atoms with Gasteiger partial charge in [-0.3, -0.25) is 4.90 Å². The smallest absolute Gasteiger partial charge is 0.0455 e. The first-order valence-electron chi connectivity index (χ1n) is 9.34. The predicted octanol–water partition coefficient (Wildman–Crippen LogP) is 4.99. The molecule has 1 aromatic carbocycles. The molecule has 23 heavy (non-hydrogen) atoms. The van der Waals surface area contributed by atoms with Crippen molar-refractivity contribution >= 4 is 27.1 Å². The number of benzene rings is 1. The SMILES string of the molecule is c1cc(N2CCN(CCC3CCCCC3)CC2)c2ccsc2c1. The number of nitrogens with zero attached hydrogens (tertiary/aromatic N) is 2. The molecule has 0 N–H and O–H groups in total. The van der Waals surface area contributed by atoms with Crippen LogP contribution in [0.1, 0.15) is 38.5 Å². The van der Waals surface area contributed by atoms with E-state index in [0.29, 0.717) is 0 Å². The molecule has 0 amide bonds. The highest BCUT2D eigenvalue weighted by Gasteiger charge is 2.20. The highest BCUT2D eigenvalue weighted by molar-refractivity contribution is 7.17. The number of piperazine rings is 1. The summed E-state index contributed by atoms with van der Waals surface area (Å²) in [5.74, 6) is 1.02. The largest absolute Gasteiger partial charge is 0.368 e.